The summed E-state index contributed by atoms with van der Waals surface area (Å²) in [7, 11) is 0. The zero-order valence-corrected chi connectivity index (χ0v) is 19.4. The molecular weight excluding hydrogens is 386 g/mol. The van der Waals surface area contributed by atoms with Gasteiger partial charge in [-0.15, -0.1) is 0 Å². The van der Waals surface area contributed by atoms with Crippen molar-refractivity contribution in [1.29, 1.82) is 0 Å². The van der Waals surface area contributed by atoms with Crippen molar-refractivity contribution in [3.63, 3.8) is 0 Å². The third-order valence-corrected chi connectivity index (χ3v) is 6.51. The van der Waals surface area contributed by atoms with Crippen molar-refractivity contribution in [2.75, 3.05) is 5.32 Å². The lowest BCUT2D eigenvalue weighted by Crippen LogP contribution is -2.32. The summed E-state index contributed by atoms with van der Waals surface area (Å²) in [5.74, 6) is -0.110. The molecule has 4 heteroatoms. The van der Waals surface area contributed by atoms with Crippen LogP contribution in [-0.4, -0.2) is 11.9 Å². The van der Waals surface area contributed by atoms with Gasteiger partial charge in [-0.2, -0.15) is 0 Å². The van der Waals surface area contributed by atoms with Gasteiger partial charge in [0.1, 0.15) is 0 Å². The molecule has 1 atom stereocenters. The first-order valence-corrected chi connectivity index (χ1v) is 11.3. The summed E-state index contributed by atoms with van der Waals surface area (Å²) in [6.07, 6.45) is 2.72. The van der Waals surface area contributed by atoms with E-state index in [2.05, 4.69) is 26.1 Å². The van der Waals surface area contributed by atoms with Crippen LogP contribution in [0.15, 0.2) is 48.5 Å². The first-order valence-electron chi connectivity index (χ1n) is 11.3. The SMILES string of the molecule is Cc1ccc(C)c(NC(=O)[C@H](OC(=O)C2CCC(C(C)(C)C)CC2)c2ccccc2)c1. The Morgan fingerprint density at radius 3 is 2.23 bits per heavy atom. The average Bonchev–Trinajstić information content (AvgIpc) is 2.74. The van der Waals surface area contributed by atoms with Gasteiger partial charge in [-0.1, -0.05) is 63.2 Å². The zero-order valence-electron chi connectivity index (χ0n) is 19.4. The molecule has 0 aromatic heterocycles. The largest absolute Gasteiger partial charge is 0.447 e. The molecule has 0 saturated heterocycles. The van der Waals surface area contributed by atoms with E-state index < -0.39 is 6.10 Å². The maximum Gasteiger partial charge on any atom is 0.310 e. The predicted octanol–water partition coefficient (Wildman–Crippen LogP) is 6.38. The molecule has 1 saturated carbocycles. The summed E-state index contributed by atoms with van der Waals surface area (Å²) >= 11 is 0. The van der Waals surface area contributed by atoms with Gasteiger partial charge in [-0.3, -0.25) is 9.59 Å². The van der Waals surface area contributed by atoms with Crippen LogP contribution in [0.2, 0.25) is 0 Å². The van der Waals surface area contributed by atoms with Crippen molar-refractivity contribution in [2.24, 2.45) is 17.3 Å². The highest BCUT2D eigenvalue weighted by Gasteiger charge is 2.35. The first-order chi connectivity index (χ1) is 14.6. The van der Waals surface area contributed by atoms with E-state index in [1.807, 2.05) is 62.4 Å². The number of nitrogens with one attached hydrogen (secondary N) is 1. The lowest BCUT2D eigenvalue weighted by atomic mass is 9.70. The van der Waals surface area contributed by atoms with Crippen LogP contribution in [0.25, 0.3) is 0 Å². The number of ether oxygens (including phenoxy) is 1. The molecule has 0 bridgehead atoms. The van der Waals surface area contributed by atoms with Crippen LogP contribution in [0.4, 0.5) is 5.69 Å². The van der Waals surface area contributed by atoms with Gasteiger partial charge in [0.25, 0.3) is 5.91 Å². The van der Waals surface area contributed by atoms with Crippen LogP contribution in [0.5, 0.6) is 0 Å². The number of carbonyl (C=O) groups is 2. The predicted molar refractivity (Wildman–Crippen MR) is 125 cm³/mol. The Morgan fingerprint density at radius 2 is 1.61 bits per heavy atom. The number of aryl methyl sites for hydroxylation is 2. The second-order valence-corrected chi connectivity index (χ2v) is 9.95. The van der Waals surface area contributed by atoms with Gasteiger partial charge in [0.05, 0.1) is 5.92 Å². The maximum atomic E-state index is 13.2. The summed E-state index contributed by atoms with van der Waals surface area (Å²) in [5.41, 5.74) is 3.71. The molecule has 0 aliphatic heterocycles. The van der Waals surface area contributed by atoms with Crippen LogP contribution in [0.3, 0.4) is 0 Å². The van der Waals surface area contributed by atoms with E-state index in [1.165, 1.54) is 0 Å². The Morgan fingerprint density at radius 1 is 0.968 bits per heavy atom. The molecule has 4 nitrogen and oxygen atoms in total. The molecule has 166 valence electrons. The molecule has 1 amide bonds. The Kier molecular flexibility index (Phi) is 7.19. The Labute approximate surface area is 186 Å². The summed E-state index contributed by atoms with van der Waals surface area (Å²) < 4.78 is 5.85. The van der Waals surface area contributed by atoms with Gasteiger partial charge < -0.3 is 10.1 Å². The fourth-order valence-corrected chi connectivity index (χ4v) is 4.38. The van der Waals surface area contributed by atoms with Crippen LogP contribution in [0, 0.1) is 31.1 Å². The van der Waals surface area contributed by atoms with Gasteiger partial charge >= 0.3 is 5.97 Å². The van der Waals surface area contributed by atoms with Crippen LogP contribution in [0.1, 0.15) is 69.2 Å². The van der Waals surface area contributed by atoms with Crippen molar-refractivity contribution in [2.45, 2.75) is 66.4 Å². The smallest absolute Gasteiger partial charge is 0.310 e. The van der Waals surface area contributed by atoms with Crippen molar-refractivity contribution >= 4 is 17.6 Å². The van der Waals surface area contributed by atoms with Crippen molar-refractivity contribution in [3.05, 3.63) is 65.2 Å². The first kappa shape index (κ1) is 23.1. The number of carbonyl (C=O) groups excluding carboxylic acids is 2. The van der Waals surface area contributed by atoms with E-state index >= 15 is 0 Å². The molecular formula is C27H35NO3. The second-order valence-electron chi connectivity index (χ2n) is 9.95. The van der Waals surface area contributed by atoms with E-state index in [4.69, 9.17) is 4.74 Å². The lowest BCUT2D eigenvalue weighted by Gasteiger charge is -2.36. The second kappa shape index (κ2) is 9.67. The third kappa shape index (κ3) is 5.96. The summed E-state index contributed by atoms with van der Waals surface area (Å²) in [6, 6.07) is 15.2. The number of hydrogen-bond donors (Lipinski definition) is 1. The van der Waals surface area contributed by atoms with E-state index in [9.17, 15) is 9.59 Å². The molecule has 1 fully saturated rings. The summed E-state index contributed by atoms with van der Waals surface area (Å²) in [6.45, 7) is 10.7. The number of hydrogen-bond acceptors (Lipinski definition) is 3. The number of amides is 1. The Balaban J connectivity index is 1.73. The van der Waals surface area contributed by atoms with E-state index in [-0.39, 0.29) is 23.2 Å². The molecule has 31 heavy (non-hydrogen) atoms. The molecule has 2 aromatic carbocycles. The number of benzene rings is 2. The quantitative estimate of drug-likeness (QED) is 0.570. The standard InChI is InChI=1S/C27H35NO3/c1-18-11-12-19(2)23(17-18)28-25(29)24(20-9-7-6-8-10-20)31-26(30)21-13-15-22(16-14-21)27(3,4)5/h6-12,17,21-22,24H,13-16H2,1-5H3,(H,28,29)/t21?,22?,24-/m1/s1. The molecule has 3 rings (SSSR count). The van der Waals surface area contributed by atoms with Gasteiger partial charge in [-0.05, 0) is 68.1 Å². The molecule has 2 aromatic rings. The third-order valence-electron chi connectivity index (χ3n) is 6.51. The monoisotopic (exact) mass is 421 g/mol. The molecule has 0 unspecified atom stereocenters. The van der Waals surface area contributed by atoms with Crippen molar-refractivity contribution < 1.29 is 14.3 Å². The van der Waals surface area contributed by atoms with Crippen LogP contribution in [-0.2, 0) is 14.3 Å². The van der Waals surface area contributed by atoms with Crippen molar-refractivity contribution in [3.8, 4) is 0 Å². The normalized spacial score (nSPS) is 20.0. The van der Waals surface area contributed by atoms with Crippen LogP contribution >= 0.6 is 0 Å². The maximum absolute atomic E-state index is 13.2. The summed E-state index contributed by atoms with van der Waals surface area (Å²) in [4.78, 5) is 26.2. The minimum Gasteiger partial charge on any atom is -0.447 e. The Bertz CT molecular complexity index is 906. The highest BCUT2D eigenvalue weighted by molar-refractivity contribution is 5.96. The van der Waals surface area contributed by atoms with E-state index in [0.717, 1.165) is 42.5 Å². The molecule has 1 aliphatic rings. The topological polar surface area (TPSA) is 55.4 Å². The Hall–Kier alpha value is -2.62. The number of rotatable bonds is 5. The summed E-state index contributed by atoms with van der Waals surface area (Å²) in [5, 5.41) is 2.97. The van der Waals surface area contributed by atoms with Crippen molar-refractivity contribution in [1.82, 2.24) is 0 Å². The molecule has 1 aliphatic carbocycles. The number of esters is 1. The average molecular weight is 422 g/mol. The van der Waals surface area contributed by atoms with E-state index in [0.29, 0.717) is 11.5 Å². The molecule has 0 heterocycles. The highest BCUT2D eigenvalue weighted by atomic mass is 16.5. The molecule has 0 spiro atoms. The fraction of sp³-hybridized carbons (Fsp3) is 0.481. The van der Waals surface area contributed by atoms with Crippen LogP contribution < -0.4 is 5.32 Å². The van der Waals surface area contributed by atoms with Gasteiger partial charge in [0, 0.05) is 11.3 Å². The van der Waals surface area contributed by atoms with Gasteiger partial charge in [0.15, 0.2) is 0 Å². The molecule has 0 radical (unpaired) electrons. The highest BCUT2D eigenvalue weighted by Crippen LogP contribution is 2.40. The lowest BCUT2D eigenvalue weighted by molar-refractivity contribution is -0.160. The fourth-order valence-electron chi connectivity index (χ4n) is 4.38. The minimum absolute atomic E-state index is 0.140. The minimum atomic E-state index is -0.964. The van der Waals surface area contributed by atoms with Gasteiger partial charge in [-0.25, -0.2) is 0 Å². The molecule has 1 N–H and O–H groups in total. The van der Waals surface area contributed by atoms with E-state index in [1.54, 1.807) is 0 Å². The van der Waals surface area contributed by atoms with Gasteiger partial charge in [0.2, 0.25) is 6.10 Å². The number of anilines is 1. The zero-order chi connectivity index (χ0) is 22.6.